The Labute approximate surface area is 176 Å². The molecule has 4 aromatic rings. The van der Waals surface area contributed by atoms with Crippen LogP contribution < -0.4 is 14.8 Å². The molecule has 1 aliphatic rings. The number of imidazole rings is 1. The summed E-state index contributed by atoms with van der Waals surface area (Å²) in [5, 5.41) is 3.12. The first-order chi connectivity index (χ1) is 14.8. The Morgan fingerprint density at radius 3 is 2.73 bits per heavy atom. The monoisotopic (exact) mass is 419 g/mol. The number of hydrogen-bond donors (Lipinski definition) is 2. The summed E-state index contributed by atoms with van der Waals surface area (Å²) in [5.41, 5.74) is 2.77. The van der Waals surface area contributed by atoms with Gasteiger partial charge in [0.1, 0.15) is 35.3 Å². The molecule has 0 saturated carbocycles. The van der Waals surface area contributed by atoms with Gasteiger partial charge in [-0.25, -0.2) is 15.0 Å². The number of aromatic nitrogens is 4. The molecule has 0 saturated heterocycles. The molecule has 1 atom stereocenters. The second-order valence-electron chi connectivity index (χ2n) is 6.54. The van der Waals surface area contributed by atoms with Crippen molar-refractivity contribution in [1.29, 1.82) is 0 Å². The van der Waals surface area contributed by atoms with Gasteiger partial charge in [0.2, 0.25) is 5.91 Å². The summed E-state index contributed by atoms with van der Waals surface area (Å²) in [6, 6.07) is 15.0. The van der Waals surface area contributed by atoms with E-state index in [9.17, 15) is 4.79 Å². The lowest BCUT2D eigenvalue weighted by Crippen LogP contribution is -2.20. The highest BCUT2D eigenvalue weighted by Gasteiger charge is 2.25. The van der Waals surface area contributed by atoms with Crippen molar-refractivity contribution in [2.45, 2.75) is 10.3 Å². The molecule has 9 heteroatoms. The van der Waals surface area contributed by atoms with Gasteiger partial charge >= 0.3 is 0 Å². The lowest BCUT2D eigenvalue weighted by Gasteiger charge is -2.20. The number of thioether (sulfide) groups is 1. The van der Waals surface area contributed by atoms with E-state index in [-0.39, 0.29) is 5.91 Å². The van der Waals surface area contributed by atoms with Gasteiger partial charge in [0.25, 0.3) is 0 Å². The van der Waals surface area contributed by atoms with Crippen LogP contribution in [0.2, 0.25) is 0 Å². The van der Waals surface area contributed by atoms with Gasteiger partial charge in [-0.2, -0.15) is 0 Å². The van der Waals surface area contributed by atoms with E-state index >= 15 is 0 Å². The van der Waals surface area contributed by atoms with Crippen molar-refractivity contribution in [3.8, 4) is 11.5 Å². The van der Waals surface area contributed by atoms with Crippen molar-refractivity contribution >= 4 is 34.5 Å². The van der Waals surface area contributed by atoms with E-state index in [2.05, 4.69) is 25.3 Å². The fraction of sp³-hybridized carbons (Fsp3) is 0.143. The van der Waals surface area contributed by atoms with Crippen molar-refractivity contribution in [3.63, 3.8) is 0 Å². The summed E-state index contributed by atoms with van der Waals surface area (Å²) in [6.07, 6.45) is 3.02. The van der Waals surface area contributed by atoms with Gasteiger partial charge in [-0.1, -0.05) is 42.1 Å². The molecule has 1 aliphatic heterocycles. The second-order valence-corrected chi connectivity index (χ2v) is 7.63. The molecular formula is C21H17N5O3S. The Morgan fingerprint density at radius 2 is 1.87 bits per heavy atom. The Hall–Kier alpha value is -3.59. The number of H-pyrrole nitrogens is 1. The molecule has 1 amide bonds. The van der Waals surface area contributed by atoms with Crippen LogP contribution in [-0.4, -0.2) is 39.1 Å². The first kappa shape index (κ1) is 18.4. The number of amides is 1. The fourth-order valence-electron chi connectivity index (χ4n) is 3.17. The highest BCUT2D eigenvalue weighted by Crippen LogP contribution is 2.38. The van der Waals surface area contributed by atoms with Crippen LogP contribution in [-0.2, 0) is 4.79 Å². The van der Waals surface area contributed by atoms with Crippen molar-refractivity contribution in [1.82, 2.24) is 19.9 Å². The molecule has 150 valence electrons. The molecule has 30 heavy (non-hydrogen) atoms. The van der Waals surface area contributed by atoms with E-state index in [1.54, 1.807) is 24.5 Å². The van der Waals surface area contributed by atoms with Crippen LogP contribution in [0.5, 0.6) is 11.5 Å². The lowest BCUT2D eigenvalue weighted by atomic mass is 10.1. The maximum Gasteiger partial charge on any atom is 0.242 e. The van der Waals surface area contributed by atoms with Gasteiger partial charge in [0.15, 0.2) is 17.1 Å². The van der Waals surface area contributed by atoms with Gasteiger partial charge in [-0.05, 0) is 17.7 Å². The summed E-state index contributed by atoms with van der Waals surface area (Å²) in [4.78, 5) is 29.0. The van der Waals surface area contributed by atoms with Crippen LogP contribution in [0.25, 0.3) is 11.2 Å². The summed E-state index contributed by atoms with van der Waals surface area (Å²) in [7, 11) is 0. The number of fused-ring (bicyclic) bond motifs is 2. The largest absolute Gasteiger partial charge is 0.486 e. The molecule has 0 radical (unpaired) electrons. The zero-order chi connectivity index (χ0) is 20.3. The Balaban J connectivity index is 1.44. The third kappa shape index (κ3) is 3.67. The number of benzene rings is 2. The van der Waals surface area contributed by atoms with E-state index in [0.29, 0.717) is 46.6 Å². The number of aromatic amines is 1. The summed E-state index contributed by atoms with van der Waals surface area (Å²) < 4.78 is 11.2. The number of nitrogens with zero attached hydrogens (tertiary/aromatic N) is 3. The first-order valence-electron chi connectivity index (χ1n) is 9.34. The van der Waals surface area contributed by atoms with Crippen LogP contribution in [0.3, 0.4) is 0 Å². The molecular weight excluding hydrogens is 402 g/mol. The number of hydrogen-bond acceptors (Lipinski definition) is 7. The minimum absolute atomic E-state index is 0.172. The predicted molar refractivity (Wildman–Crippen MR) is 113 cm³/mol. The van der Waals surface area contributed by atoms with E-state index in [0.717, 1.165) is 5.56 Å². The smallest absolute Gasteiger partial charge is 0.242 e. The Bertz CT molecular complexity index is 1200. The minimum atomic E-state index is -0.527. The fourth-order valence-corrected chi connectivity index (χ4v) is 4.23. The van der Waals surface area contributed by atoms with E-state index in [1.807, 2.05) is 30.3 Å². The summed E-state index contributed by atoms with van der Waals surface area (Å²) in [5.74, 6) is 1.13. The molecule has 5 rings (SSSR count). The molecule has 2 N–H and O–H groups in total. The molecule has 3 heterocycles. The molecule has 8 nitrogen and oxygen atoms in total. The number of anilines is 1. The maximum atomic E-state index is 13.3. The summed E-state index contributed by atoms with van der Waals surface area (Å²) in [6.45, 7) is 1.01. The van der Waals surface area contributed by atoms with Crippen LogP contribution in [0, 0.1) is 0 Å². The molecule has 2 aromatic heterocycles. The normalized spacial score (nSPS) is 13.7. The van der Waals surface area contributed by atoms with Crippen LogP contribution >= 0.6 is 11.8 Å². The number of ether oxygens (including phenoxy) is 2. The van der Waals surface area contributed by atoms with Crippen molar-refractivity contribution in [3.05, 3.63) is 66.7 Å². The predicted octanol–water partition coefficient (Wildman–Crippen LogP) is 3.60. The standard InChI is InChI=1S/C21H17N5O3S/c27-20(26-14-6-7-15-16(10-14)29-9-8-28-15)18(13-4-2-1-3-5-13)30-21-17-19(23-11-22-17)24-12-25-21/h1-7,10-12,18H,8-9H2,(H,26,27)(H,22,23,24,25)/t18-/m1/s1. The lowest BCUT2D eigenvalue weighted by molar-refractivity contribution is -0.115. The zero-order valence-electron chi connectivity index (χ0n) is 15.7. The van der Waals surface area contributed by atoms with Crippen molar-refractivity contribution in [2.75, 3.05) is 18.5 Å². The molecule has 0 aliphatic carbocycles. The second kappa shape index (κ2) is 8.03. The van der Waals surface area contributed by atoms with E-state index < -0.39 is 5.25 Å². The van der Waals surface area contributed by atoms with Gasteiger partial charge in [0.05, 0.1) is 6.33 Å². The van der Waals surface area contributed by atoms with Crippen molar-refractivity contribution in [2.24, 2.45) is 0 Å². The Morgan fingerprint density at radius 1 is 1.03 bits per heavy atom. The summed E-state index contributed by atoms with van der Waals surface area (Å²) >= 11 is 1.34. The van der Waals surface area contributed by atoms with E-state index in [4.69, 9.17) is 9.47 Å². The molecule has 0 spiro atoms. The van der Waals surface area contributed by atoms with Gasteiger partial charge < -0.3 is 19.8 Å². The van der Waals surface area contributed by atoms with E-state index in [1.165, 1.54) is 18.1 Å². The minimum Gasteiger partial charge on any atom is -0.486 e. The Kier molecular flexibility index (Phi) is 4.94. The van der Waals surface area contributed by atoms with Gasteiger partial charge in [0, 0.05) is 11.8 Å². The van der Waals surface area contributed by atoms with Crippen LogP contribution in [0.1, 0.15) is 10.8 Å². The third-order valence-electron chi connectivity index (χ3n) is 4.57. The van der Waals surface area contributed by atoms with Crippen LogP contribution in [0.15, 0.2) is 66.2 Å². The third-order valence-corrected chi connectivity index (χ3v) is 5.82. The highest BCUT2D eigenvalue weighted by atomic mass is 32.2. The van der Waals surface area contributed by atoms with Crippen LogP contribution in [0.4, 0.5) is 5.69 Å². The molecule has 2 aromatic carbocycles. The highest BCUT2D eigenvalue weighted by molar-refractivity contribution is 8.00. The molecule has 0 bridgehead atoms. The number of carbonyl (C=O) groups is 1. The van der Waals surface area contributed by atoms with Gasteiger partial charge in [-0.15, -0.1) is 0 Å². The van der Waals surface area contributed by atoms with Gasteiger partial charge in [-0.3, -0.25) is 4.79 Å². The zero-order valence-corrected chi connectivity index (χ0v) is 16.6. The first-order valence-corrected chi connectivity index (χ1v) is 10.2. The molecule has 0 unspecified atom stereocenters. The SMILES string of the molecule is O=C(Nc1ccc2c(c1)OCCO2)[C@H](Sc1ncnc2nc[nH]c12)c1ccccc1. The van der Waals surface area contributed by atoms with Crippen molar-refractivity contribution < 1.29 is 14.3 Å². The number of rotatable bonds is 5. The maximum absolute atomic E-state index is 13.3. The number of nitrogens with one attached hydrogen (secondary N) is 2. The average molecular weight is 419 g/mol. The number of carbonyl (C=O) groups excluding carboxylic acids is 1. The topological polar surface area (TPSA) is 102 Å². The average Bonchev–Trinajstić information content (AvgIpc) is 3.27. The molecule has 0 fully saturated rings. The quantitative estimate of drug-likeness (QED) is 0.376.